The lowest BCUT2D eigenvalue weighted by atomic mass is 10.4. The Hall–Kier alpha value is -0.450. The monoisotopic (exact) mass is 227 g/mol. The molecule has 1 fully saturated rings. The van der Waals surface area contributed by atoms with Gasteiger partial charge in [0.15, 0.2) is 0 Å². The van der Waals surface area contributed by atoms with E-state index >= 15 is 0 Å². The summed E-state index contributed by atoms with van der Waals surface area (Å²) in [6.45, 7) is 0.718. The molecule has 1 aliphatic rings. The quantitative estimate of drug-likeness (QED) is 0.743. The highest BCUT2D eigenvalue weighted by atomic mass is 32.2. The highest BCUT2D eigenvalue weighted by Gasteiger charge is 2.21. The summed E-state index contributed by atoms with van der Waals surface area (Å²) in [6.07, 6.45) is 3.98. The van der Waals surface area contributed by atoms with Gasteiger partial charge in [0.2, 0.25) is 0 Å². The predicted octanol–water partition coefficient (Wildman–Crippen LogP) is 1.63. The zero-order valence-corrected chi connectivity index (χ0v) is 9.50. The number of nitrogens with one attached hydrogen (secondary N) is 1. The number of hydrogen-bond donors (Lipinski definition) is 2. The van der Waals surface area contributed by atoms with E-state index in [4.69, 9.17) is 4.42 Å². The minimum Gasteiger partial charge on any atom is -0.468 e. The van der Waals surface area contributed by atoms with Crippen molar-refractivity contribution in [2.75, 3.05) is 12.3 Å². The van der Waals surface area contributed by atoms with Crippen molar-refractivity contribution in [3.05, 3.63) is 24.2 Å². The van der Waals surface area contributed by atoms with Crippen molar-refractivity contribution in [2.45, 2.75) is 30.7 Å². The van der Waals surface area contributed by atoms with E-state index in [1.165, 1.54) is 12.8 Å². The molecule has 0 amide bonds. The van der Waals surface area contributed by atoms with Crippen molar-refractivity contribution in [3.63, 3.8) is 0 Å². The fourth-order valence-corrected chi connectivity index (χ4v) is 2.21. The number of aliphatic hydroxyl groups is 1. The van der Waals surface area contributed by atoms with Crippen LogP contribution in [-0.2, 0) is 5.75 Å². The van der Waals surface area contributed by atoms with E-state index in [-0.39, 0.29) is 6.10 Å². The topological polar surface area (TPSA) is 45.4 Å². The van der Waals surface area contributed by atoms with Crippen LogP contribution in [0.4, 0.5) is 0 Å². The summed E-state index contributed by atoms with van der Waals surface area (Å²) in [5.41, 5.74) is 0. The number of aliphatic hydroxyl groups excluding tert-OH is 1. The van der Waals surface area contributed by atoms with E-state index in [0.717, 1.165) is 23.8 Å². The van der Waals surface area contributed by atoms with Gasteiger partial charge >= 0.3 is 0 Å². The Morgan fingerprint density at radius 3 is 3.13 bits per heavy atom. The van der Waals surface area contributed by atoms with E-state index in [1.807, 2.05) is 12.1 Å². The molecule has 1 aromatic heterocycles. The van der Waals surface area contributed by atoms with Crippen molar-refractivity contribution in [1.82, 2.24) is 5.32 Å². The lowest BCUT2D eigenvalue weighted by Gasteiger charge is -2.10. The van der Waals surface area contributed by atoms with E-state index in [9.17, 15) is 5.11 Å². The second-order valence-electron chi connectivity index (χ2n) is 3.93. The van der Waals surface area contributed by atoms with Crippen molar-refractivity contribution in [2.24, 2.45) is 0 Å². The summed E-state index contributed by atoms with van der Waals surface area (Å²) in [6, 6.07) is 4.53. The Bertz CT molecular complexity index is 272. The summed E-state index contributed by atoms with van der Waals surface area (Å²) in [7, 11) is 0. The first-order chi connectivity index (χ1) is 7.34. The minimum atomic E-state index is -0.245. The molecule has 0 spiro atoms. The second-order valence-corrected chi connectivity index (χ2v) is 4.96. The van der Waals surface area contributed by atoms with Gasteiger partial charge in [-0.25, -0.2) is 0 Å². The van der Waals surface area contributed by atoms with Crippen LogP contribution in [0.5, 0.6) is 0 Å². The minimum absolute atomic E-state index is 0.245. The van der Waals surface area contributed by atoms with Crippen molar-refractivity contribution in [3.8, 4) is 0 Å². The first kappa shape index (κ1) is 11.0. The van der Waals surface area contributed by atoms with Crippen LogP contribution >= 0.6 is 11.8 Å². The Balaban J connectivity index is 1.52. The molecule has 1 saturated carbocycles. The van der Waals surface area contributed by atoms with Crippen molar-refractivity contribution >= 4 is 11.8 Å². The highest BCUT2D eigenvalue weighted by Crippen LogP contribution is 2.19. The lowest BCUT2D eigenvalue weighted by molar-refractivity contribution is 0.195. The third-order valence-electron chi connectivity index (χ3n) is 2.35. The molecule has 84 valence electrons. The number of hydrogen-bond acceptors (Lipinski definition) is 4. The molecule has 0 aliphatic heterocycles. The summed E-state index contributed by atoms with van der Waals surface area (Å²) >= 11 is 1.71. The molecule has 0 bridgehead atoms. The van der Waals surface area contributed by atoms with Crippen LogP contribution in [0.25, 0.3) is 0 Å². The predicted molar refractivity (Wildman–Crippen MR) is 61.9 cm³/mol. The number of thioether (sulfide) groups is 1. The van der Waals surface area contributed by atoms with Gasteiger partial charge in [-0.1, -0.05) is 0 Å². The molecule has 1 aromatic rings. The Morgan fingerprint density at radius 1 is 1.60 bits per heavy atom. The molecule has 3 nitrogen and oxygen atoms in total. The number of rotatable bonds is 7. The van der Waals surface area contributed by atoms with E-state index in [1.54, 1.807) is 18.0 Å². The zero-order chi connectivity index (χ0) is 10.5. The van der Waals surface area contributed by atoms with Crippen LogP contribution in [0.3, 0.4) is 0 Å². The third-order valence-corrected chi connectivity index (χ3v) is 3.46. The maximum absolute atomic E-state index is 9.64. The van der Waals surface area contributed by atoms with Crippen LogP contribution < -0.4 is 5.32 Å². The summed E-state index contributed by atoms with van der Waals surface area (Å²) < 4.78 is 5.21. The lowest BCUT2D eigenvalue weighted by Crippen LogP contribution is -2.29. The largest absolute Gasteiger partial charge is 0.468 e. The SMILES string of the molecule is OC(CNC1CC1)CSCc1ccco1. The summed E-state index contributed by atoms with van der Waals surface area (Å²) in [4.78, 5) is 0. The third kappa shape index (κ3) is 4.28. The second kappa shape index (κ2) is 5.58. The first-order valence-corrected chi connectivity index (χ1v) is 6.51. The molecule has 1 heterocycles. The van der Waals surface area contributed by atoms with Crippen LogP contribution in [0.15, 0.2) is 22.8 Å². The molecule has 0 saturated heterocycles. The molecule has 4 heteroatoms. The van der Waals surface area contributed by atoms with Gasteiger partial charge in [-0.05, 0) is 25.0 Å². The van der Waals surface area contributed by atoms with Gasteiger partial charge in [-0.15, -0.1) is 0 Å². The standard InChI is InChI=1S/C11H17NO2S/c13-10(6-12-9-3-4-9)7-15-8-11-2-1-5-14-11/h1-2,5,9-10,12-13H,3-4,6-8H2. The van der Waals surface area contributed by atoms with Gasteiger partial charge in [0.1, 0.15) is 5.76 Å². The highest BCUT2D eigenvalue weighted by molar-refractivity contribution is 7.98. The van der Waals surface area contributed by atoms with Crippen LogP contribution in [-0.4, -0.2) is 29.5 Å². The molecule has 2 N–H and O–H groups in total. The van der Waals surface area contributed by atoms with Gasteiger partial charge in [-0.3, -0.25) is 0 Å². The van der Waals surface area contributed by atoms with Crippen molar-refractivity contribution in [1.29, 1.82) is 0 Å². The fraction of sp³-hybridized carbons (Fsp3) is 0.636. The van der Waals surface area contributed by atoms with Crippen LogP contribution in [0.2, 0.25) is 0 Å². The van der Waals surface area contributed by atoms with E-state index < -0.39 is 0 Å². The number of furan rings is 1. The fourth-order valence-electron chi connectivity index (χ4n) is 1.34. The van der Waals surface area contributed by atoms with Crippen molar-refractivity contribution < 1.29 is 9.52 Å². The summed E-state index contributed by atoms with van der Waals surface area (Å²) in [5.74, 6) is 2.58. The Labute approximate surface area is 94.2 Å². The molecular formula is C11H17NO2S. The smallest absolute Gasteiger partial charge is 0.113 e. The average molecular weight is 227 g/mol. The first-order valence-electron chi connectivity index (χ1n) is 5.36. The molecule has 0 aromatic carbocycles. The van der Waals surface area contributed by atoms with Gasteiger partial charge in [0.05, 0.1) is 18.1 Å². The molecule has 0 radical (unpaired) electrons. The Morgan fingerprint density at radius 2 is 2.47 bits per heavy atom. The summed E-state index contributed by atoms with van der Waals surface area (Å²) in [5, 5.41) is 13.0. The van der Waals surface area contributed by atoms with E-state index in [0.29, 0.717) is 6.04 Å². The molecule has 2 rings (SSSR count). The maximum Gasteiger partial charge on any atom is 0.113 e. The zero-order valence-electron chi connectivity index (χ0n) is 8.69. The maximum atomic E-state index is 9.64. The van der Waals surface area contributed by atoms with Gasteiger partial charge in [-0.2, -0.15) is 11.8 Å². The molecule has 15 heavy (non-hydrogen) atoms. The van der Waals surface area contributed by atoms with Gasteiger partial charge < -0.3 is 14.8 Å². The van der Waals surface area contributed by atoms with Crippen LogP contribution in [0, 0.1) is 0 Å². The average Bonchev–Trinajstić information content (AvgIpc) is 2.92. The van der Waals surface area contributed by atoms with Crippen LogP contribution in [0.1, 0.15) is 18.6 Å². The van der Waals surface area contributed by atoms with Gasteiger partial charge in [0, 0.05) is 18.3 Å². The molecule has 1 atom stereocenters. The normalized spacial score (nSPS) is 17.9. The molecule has 1 unspecified atom stereocenters. The Kier molecular flexibility index (Phi) is 4.11. The molecular weight excluding hydrogens is 210 g/mol. The van der Waals surface area contributed by atoms with Gasteiger partial charge in [0.25, 0.3) is 0 Å². The van der Waals surface area contributed by atoms with E-state index in [2.05, 4.69) is 5.32 Å². The molecule has 1 aliphatic carbocycles.